The number of piperidine rings is 1. The second kappa shape index (κ2) is 7.49. The van der Waals surface area contributed by atoms with Gasteiger partial charge in [0.05, 0.1) is 13.1 Å². The quantitative estimate of drug-likeness (QED) is 0.837. The minimum absolute atomic E-state index is 0.200. The van der Waals surface area contributed by atoms with E-state index in [2.05, 4.69) is 4.90 Å². The molecule has 2 heterocycles. The zero-order valence-corrected chi connectivity index (χ0v) is 14.0. The summed E-state index contributed by atoms with van der Waals surface area (Å²) < 4.78 is 5.65. The maximum Gasteiger partial charge on any atom is 0.237 e. The van der Waals surface area contributed by atoms with Gasteiger partial charge in [0.15, 0.2) is 0 Å². The highest BCUT2D eigenvalue weighted by atomic mass is 16.3. The van der Waals surface area contributed by atoms with Gasteiger partial charge >= 0.3 is 0 Å². The van der Waals surface area contributed by atoms with Gasteiger partial charge in [-0.05, 0) is 57.7 Å². The van der Waals surface area contributed by atoms with Crippen molar-refractivity contribution in [2.45, 2.75) is 64.1 Å². The van der Waals surface area contributed by atoms with Gasteiger partial charge in [0.1, 0.15) is 11.5 Å². The van der Waals surface area contributed by atoms with E-state index in [9.17, 15) is 9.90 Å². The topological polar surface area (TPSA) is 56.9 Å². The summed E-state index contributed by atoms with van der Waals surface area (Å²) in [6.45, 7) is 4.15. The van der Waals surface area contributed by atoms with Crippen LogP contribution in [0, 0.1) is 6.92 Å². The Hall–Kier alpha value is -1.33. The first-order chi connectivity index (χ1) is 11.2. The van der Waals surface area contributed by atoms with Crippen molar-refractivity contribution < 1.29 is 14.3 Å². The molecule has 23 heavy (non-hydrogen) atoms. The molecule has 1 saturated carbocycles. The number of amides is 1. The van der Waals surface area contributed by atoms with Gasteiger partial charge < -0.3 is 14.4 Å². The third kappa shape index (κ3) is 4.36. The van der Waals surface area contributed by atoms with Gasteiger partial charge in [-0.2, -0.15) is 0 Å². The van der Waals surface area contributed by atoms with E-state index in [1.807, 2.05) is 24.0 Å². The molecule has 0 aromatic carbocycles. The lowest BCUT2D eigenvalue weighted by molar-refractivity contribution is -0.135. The van der Waals surface area contributed by atoms with Gasteiger partial charge in [-0.25, -0.2) is 0 Å². The molecule has 2 fully saturated rings. The van der Waals surface area contributed by atoms with Crippen LogP contribution in [0.4, 0.5) is 0 Å². The Kier molecular flexibility index (Phi) is 5.38. The maximum atomic E-state index is 12.8. The van der Waals surface area contributed by atoms with E-state index >= 15 is 0 Å². The molecule has 0 bridgehead atoms. The number of aryl methyl sites for hydroxylation is 1. The normalized spacial score (nSPS) is 22.3. The van der Waals surface area contributed by atoms with Crippen LogP contribution in [0.25, 0.3) is 0 Å². The number of carbonyl (C=O) groups excluding carboxylic acids is 1. The van der Waals surface area contributed by atoms with Crippen LogP contribution < -0.4 is 0 Å². The molecule has 1 aliphatic carbocycles. The first kappa shape index (κ1) is 16.5. The van der Waals surface area contributed by atoms with E-state index in [1.165, 1.54) is 6.42 Å². The molecular formula is C18H28N2O3. The summed E-state index contributed by atoms with van der Waals surface area (Å²) in [6.07, 6.45) is 6.42. The number of hydrogen-bond acceptors (Lipinski definition) is 4. The average molecular weight is 320 g/mol. The van der Waals surface area contributed by atoms with Crippen LogP contribution in [0.5, 0.6) is 0 Å². The standard InChI is InChI=1S/C18H28N2O3/c1-14-5-8-17(23-14)12-20(16-6-7-16)18(22)13-19-10-3-2-4-15(19)9-11-21/h5,8,15-16,21H,2-4,6-7,9-13H2,1H3/t15-/m0/s1. The summed E-state index contributed by atoms with van der Waals surface area (Å²) in [5.74, 6) is 1.96. The van der Waals surface area contributed by atoms with Crippen LogP contribution in [0.2, 0.25) is 0 Å². The van der Waals surface area contributed by atoms with Crippen molar-refractivity contribution in [3.05, 3.63) is 23.7 Å². The molecule has 1 atom stereocenters. The van der Waals surface area contributed by atoms with Gasteiger partial charge in [-0.1, -0.05) is 6.42 Å². The molecule has 0 spiro atoms. The number of likely N-dealkylation sites (tertiary alicyclic amines) is 1. The fraction of sp³-hybridized carbons (Fsp3) is 0.722. The van der Waals surface area contributed by atoms with Crippen LogP contribution in [0.3, 0.4) is 0 Å². The monoisotopic (exact) mass is 320 g/mol. The van der Waals surface area contributed by atoms with Crippen LogP contribution >= 0.6 is 0 Å². The van der Waals surface area contributed by atoms with E-state index in [0.29, 0.717) is 25.2 Å². The highest BCUT2D eigenvalue weighted by Crippen LogP contribution is 2.29. The first-order valence-corrected chi connectivity index (χ1v) is 8.87. The van der Waals surface area contributed by atoms with E-state index in [-0.39, 0.29) is 12.5 Å². The summed E-state index contributed by atoms with van der Waals surface area (Å²) in [5.41, 5.74) is 0. The summed E-state index contributed by atoms with van der Waals surface area (Å²) in [5, 5.41) is 9.24. The minimum Gasteiger partial charge on any atom is -0.464 e. The molecule has 1 N–H and O–H groups in total. The number of aliphatic hydroxyl groups excluding tert-OH is 1. The zero-order chi connectivity index (χ0) is 16.2. The van der Waals surface area contributed by atoms with Crippen molar-refractivity contribution in [1.82, 2.24) is 9.80 Å². The van der Waals surface area contributed by atoms with Crippen molar-refractivity contribution in [2.24, 2.45) is 0 Å². The predicted octanol–water partition coefficient (Wildman–Crippen LogP) is 2.32. The van der Waals surface area contributed by atoms with Crippen LogP contribution in [-0.2, 0) is 11.3 Å². The van der Waals surface area contributed by atoms with Gasteiger partial charge in [-0.15, -0.1) is 0 Å². The molecule has 128 valence electrons. The lowest BCUT2D eigenvalue weighted by Crippen LogP contribution is -2.47. The van der Waals surface area contributed by atoms with E-state index < -0.39 is 0 Å². The third-order valence-corrected chi connectivity index (χ3v) is 4.98. The van der Waals surface area contributed by atoms with Gasteiger partial charge in [0.25, 0.3) is 0 Å². The molecule has 0 radical (unpaired) electrons. The predicted molar refractivity (Wildman–Crippen MR) is 87.9 cm³/mol. The summed E-state index contributed by atoms with van der Waals surface area (Å²) in [4.78, 5) is 17.1. The molecule has 0 unspecified atom stereocenters. The van der Waals surface area contributed by atoms with Crippen LogP contribution in [-0.4, -0.2) is 52.6 Å². The lowest BCUT2D eigenvalue weighted by Gasteiger charge is -2.36. The van der Waals surface area contributed by atoms with Gasteiger partial charge in [0, 0.05) is 18.7 Å². The van der Waals surface area contributed by atoms with Crippen molar-refractivity contribution in [2.75, 3.05) is 19.7 Å². The third-order valence-electron chi connectivity index (χ3n) is 4.98. The Morgan fingerprint density at radius 1 is 1.35 bits per heavy atom. The second-order valence-electron chi connectivity index (χ2n) is 6.90. The molecule has 1 aromatic heterocycles. The molecule has 3 rings (SSSR count). The Bertz CT molecular complexity index is 522. The smallest absolute Gasteiger partial charge is 0.237 e. The summed E-state index contributed by atoms with van der Waals surface area (Å²) >= 11 is 0. The Morgan fingerprint density at radius 3 is 2.83 bits per heavy atom. The largest absolute Gasteiger partial charge is 0.464 e. The molecule has 1 aliphatic heterocycles. The highest BCUT2D eigenvalue weighted by Gasteiger charge is 2.34. The second-order valence-corrected chi connectivity index (χ2v) is 6.90. The number of carbonyl (C=O) groups is 1. The highest BCUT2D eigenvalue weighted by molar-refractivity contribution is 5.79. The number of hydrogen-bond donors (Lipinski definition) is 1. The maximum absolute atomic E-state index is 12.8. The van der Waals surface area contributed by atoms with E-state index in [1.54, 1.807) is 0 Å². The van der Waals surface area contributed by atoms with E-state index in [0.717, 1.165) is 50.2 Å². The van der Waals surface area contributed by atoms with Crippen molar-refractivity contribution in [3.8, 4) is 0 Å². The molecule has 1 aromatic rings. The first-order valence-electron chi connectivity index (χ1n) is 8.87. The average Bonchev–Trinajstić information content (AvgIpc) is 3.29. The summed E-state index contributed by atoms with van der Waals surface area (Å²) in [6, 6.07) is 4.65. The molecule has 5 heteroatoms. The number of aliphatic hydroxyl groups is 1. The number of rotatable bonds is 7. The molecule has 1 saturated heterocycles. The fourth-order valence-electron chi connectivity index (χ4n) is 3.55. The Balaban J connectivity index is 1.61. The number of nitrogens with zero attached hydrogens (tertiary/aromatic N) is 2. The zero-order valence-electron chi connectivity index (χ0n) is 14.0. The Labute approximate surface area is 138 Å². The van der Waals surface area contributed by atoms with E-state index in [4.69, 9.17) is 4.42 Å². The SMILES string of the molecule is Cc1ccc(CN(C(=O)CN2CCCC[C@H]2CCO)C2CC2)o1. The van der Waals surface area contributed by atoms with Crippen LogP contribution in [0.1, 0.15) is 50.0 Å². The Morgan fingerprint density at radius 2 is 2.17 bits per heavy atom. The van der Waals surface area contributed by atoms with Crippen molar-refractivity contribution >= 4 is 5.91 Å². The summed E-state index contributed by atoms with van der Waals surface area (Å²) in [7, 11) is 0. The number of furan rings is 1. The molecular weight excluding hydrogens is 292 g/mol. The van der Waals surface area contributed by atoms with Crippen molar-refractivity contribution in [1.29, 1.82) is 0 Å². The molecule has 5 nitrogen and oxygen atoms in total. The molecule has 1 amide bonds. The molecule has 2 aliphatic rings. The lowest BCUT2D eigenvalue weighted by atomic mass is 9.99. The van der Waals surface area contributed by atoms with Crippen LogP contribution in [0.15, 0.2) is 16.5 Å². The van der Waals surface area contributed by atoms with Gasteiger partial charge in [-0.3, -0.25) is 9.69 Å². The van der Waals surface area contributed by atoms with Gasteiger partial charge in [0.2, 0.25) is 5.91 Å². The minimum atomic E-state index is 0.200. The van der Waals surface area contributed by atoms with Crippen molar-refractivity contribution in [3.63, 3.8) is 0 Å². The fourth-order valence-corrected chi connectivity index (χ4v) is 3.55.